The molecule has 15 heteroatoms. The number of nitrogens with one attached hydrogen (secondary N) is 3. The van der Waals surface area contributed by atoms with Crippen LogP contribution in [0.5, 0.6) is 0 Å². The molecule has 0 bridgehead atoms. The number of amides is 6. The van der Waals surface area contributed by atoms with E-state index in [4.69, 9.17) is 5.73 Å². The van der Waals surface area contributed by atoms with Gasteiger partial charge in [0.05, 0.1) is 32.7 Å². The van der Waals surface area contributed by atoms with E-state index in [1.54, 1.807) is 4.90 Å². The Hall–Kier alpha value is -3.75. The van der Waals surface area contributed by atoms with Crippen LogP contribution in [0.4, 0.5) is 0 Å². The molecule has 282 valence electrons. The summed E-state index contributed by atoms with van der Waals surface area (Å²) in [4.78, 5) is 91.5. The number of carbonyl (C=O) groups is 7. The number of aliphatic carboxylic acids is 1. The summed E-state index contributed by atoms with van der Waals surface area (Å²) in [5, 5.41) is 17.5. The van der Waals surface area contributed by atoms with E-state index in [1.807, 2.05) is 0 Å². The lowest BCUT2D eigenvalue weighted by molar-refractivity contribution is -0.146. The van der Waals surface area contributed by atoms with Gasteiger partial charge in [-0.15, -0.1) is 0 Å². The standard InChI is InChI=1S/C35H59N7O8/c36-29(43)22-40(20-27-12-6-2-7-13-27)33(47)18-38-31(45)24-42(25-35(49)50)34(48)19-39-30(44)23-41(21-28-14-8-3-9-15-28)32(46)17-37-16-26-10-4-1-5-11-26/h26-28,37H,1-25H2,(H2,36,43)(H,38,45)(H,39,44)(H,49,50). The Morgan fingerprint density at radius 3 is 1.38 bits per heavy atom. The van der Waals surface area contributed by atoms with Crippen LogP contribution in [0.3, 0.4) is 0 Å². The number of nitrogens with two attached hydrogens (primary N) is 1. The summed E-state index contributed by atoms with van der Waals surface area (Å²) in [5.74, 6) is -3.79. The largest absolute Gasteiger partial charge is 0.480 e. The maximum absolute atomic E-state index is 13.2. The molecule has 15 nitrogen and oxygen atoms in total. The summed E-state index contributed by atoms with van der Waals surface area (Å²) >= 11 is 0. The third-order valence-corrected chi connectivity index (χ3v) is 10.1. The predicted molar refractivity (Wildman–Crippen MR) is 185 cm³/mol. The van der Waals surface area contributed by atoms with Gasteiger partial charge in [-0.2, -0.15) is 0 Å². The minimum Gasteiger partial charge on any atom is -0.480 e. The summed E-state index contributed by atoms with van der Waals surface area (Å²) in [7, 11) is 0. The number of nitrogens with zero attached hydrogens (tertiary/aromatic N) is 3. The first-order valence-corrected chi connectivity index (χ1v) is 18.6. The van der Waals surface area contributed by atoms with E-state index in [9.17, 15) is 38.7 Å². The minimum absolute atomic E-state index is 0.125. The zero-order chi connectivity index (χ0) is 36.3. The van der Waals surface area contributed by atoms with Gasteiger partial charge in [0, 0.05) is 13.1 Å². The van der Waals surface area contributed by atoms with Gasteiger partial charge in [-0.3, -0.25) is 33.6 Å². The van der Waals surface area contributed by atoms with Crippen molar-refractivity contribution in [3.63, 3.8) is 0 Å². The molecule has 0 aromatic rings. The van der Waals surface area contributed by atoms with Gasteiger partial charge in [0.25, 0.3) is 0 Å². The molecule has 6 N–H and O–H groups in total. The fourth-order valence-corrected chi connectivity index (χ4v) is 7.37. The zero-order valence-corrected chi connectivity index (χ0v) is 29.6. The second kappa shape index (κ2) is 22.1. The van der Waals surface area contributed by atoms with E-state index in [0.29, 0.717) is 24.9 Å². The highest BCUT2D eigenvalue weighted by molar-refractivity contribution is 5.93. The van der Waals surface area contributed by atoms with Gasteiger partial charge in [-0.25, -0.2) is 0 Å². The fourth-order valence-electron chi connectivity index (χ4n) is 7.37. The van der Waals surface area contributed by atoms with Crippen molar-refractivity contribution in [2.45, 2.75) is 96.3 Å². The Kier molecular flexibility index (Phi) is 18.0. The van der Waals surface area contributed by atoms with Crippen LogP contribution >= 0.6 is 0 Å². The molecule has 0 aliphatic heterocycles. The van der Waals surface area contributed by atoms with Gasteiger partial charge < -0.3 is 41.5 Å². The van der Waals surface area contributed by atoms with Crippen LogP contribution < -0.4 is 21.7 Å². The maximum Gasteiger partial charge on any atom is 0.323 e. The van der Waals surface area contributed by atoms with Crippen molar-refractivity contribution in [2.24, 2.45) is 23.5 Å². The smallest absolute Gasteiger partial charge is 0.323 e. The summed E-state index contributed by atoms with van der Waals surface area (Å²) in [5.41, 5.74) is 5.34. The van der Waals surface area contributed by atoms with Gasteiger partial charge >= 0.3 is 5.97 Å². The summed E-state index contributed by atoms with van der Waals surface area (Å²) in [6.07, 6.45) is 16.4. The molecule has 3 saturated carbocycles. The molecule has 0 spiro atoms. The Morgan fingerprint density at radius 2 is 0.920 bits per heavy atom. The summed E-state index contributed by atoms with van der Waals surface area (Å²) in [6.45, 7) is -1.32. The maximum atomic E-state index is 13.2. The van der Waals surface area contributed by atoms with E-state index in [2.05, 4.69) is 16.0 Å². The zero-order valence-electron chi connectivity index (χ0n) is 29.6. The lowest BCUT2D eigenvalue weighted by Gasteiger charge is -2.30. The molecule has 3 fully saturated rings. The topological polar surface area (TPSA) is 212 Å². The molecule has 3 aliphatic rings. The van der Waals surface area contributed by atoms with Crippen LogP contribution in [0.25, 0.3) is 0 Å². The van der Waals surface area contributed by atoms with Crippen molar-refractivity contribution in [1.29, 1.82) is 0 Å². The molecular weight excluding hydrogens is 646 g/mol. The van der Waals surface area contributed by atoms with Crippen LogP contribution in [0.2, 0.25) is 0 Å². The monoisotopic (exact) mass is 705 g/mol. The van der Waals surface area contributed by atoms with Crippen molar-refractivity contribution in [3.8, 4) is 0 Å². The van der Waals surface area contributed by atoms with Crippen LogP contribution in [0.1, 0.15) is 96.3 Å². The second-order valence-electron chi connectivity index (χ2n) is 14.4. The third kappa shape index (κ3) is 15.9. The Morgan fingerprint density at radius 1 is 0.520 bits per heavy atom. The first-order chi connectivity index (χ1) is 24.0. The molecule has 6 amide bonds. The quantitative estimate of drug-likeness (QED) is 0.120. The molecule has 50 heavy (non-hydrogen) atoms. The van der Waals surface area contributed by atoms with E-state index >= 15 is 0 Å². The number of rotatable bonds is 20. The Labute approximate surface area is 295 Å². The Balaban J connectivity index is 1.49. The molecule has 0 unspecified atom stereocenters. The molecule has 3 rings (SSSR count). The van der Waals surface area contributed by atoms with Crippen molar-refractivity contribution < 1.29 is 38.7 Å². The number of carbonyl (C=O) groups excluding carboxylic acids is 6. The Bertz CT molecular complexity index is 1150. The second-order valence-corrected chi connectivity index (χ2v) is 14.4. The molecule has 0 aromatic heterocycles. The van der Waals surface area contributed by atoms with Crippen molar-refractivity contribution >= 4 is 41.4 Å². The molecule has 0 aromatic carbocycles. The highest BCUT2D eigenvalue weighted by Gasteiger charge is 2.26. The fraction of sp³-hybridized carbons (Fsp3) is 0.800. The lowest BCUT2D eigenvalue weighted by atomic mass is 9.89. The molecule has 0 heterocycles. The van der Waals surface area contributed by atoms with Gasteiger partial charge in [0.1, 0.15) is 13.1 Å². The third-order valence-electron chi connectivity index (χ3n) is 10.1. The van der Waals surface area contributed by atoms with Crippen LogP contribution in [-0.4, -0.2) is 127 Å². The number of carboxylic acid groups (broad SMARTS) is 1. The number of hydrogen-bond acceptors (Lipinski definition) is 8. The van der Waals surface area contributed by atoms with Gasteiger partial charge in [0.2, 0.25) is 35.4 Å². The van der Waals surface area contributed by atoms with Crippen molar-refractivity contribution in [2.75, 3.05) is 65.4 Å². The van der Waals surface area contributed by atoms with E-state index in [1.165, 1.54) is 24.2 Å². The summed E-state index contributed by atoms with van der Waals surface area (Å²) < 4.78 is 0. The molecule has 3 aliphatic carbocycles. The van der Waals surface area contributed by atoms with Gasteiger partial charge in [-0.1, -0.05) is 57.8 Å². The van der Waals surface area contributed by atoms with Gasteiger partial charge in [0.15, 0.2) is 0 Å². The van der Waals surface area contributed by atoms with Crippen LogP contribution in [0.15, 0.2) is 0 Å². The SMILES string of the molecule is NC(=O)CN(CC1CCCCC1)C(=O)CNC(=O)CN(CC(=O)O)C(=O)CNC(=O)CN(CC1CCCCC1)C(=O)CNCC1CCCCC1. The molecule has 0 saturated heterocycles. The number of carboxylic acids is 1. The van der Waals surface area contributed by atoms with Crippen molar-refractivity contribution in [3.05, 3.63) is 0 Å². The van der Waals surface area contributed by atoms with Crippen molar-refractivity contribution in [1.82, 2.24) is 30.7 Å². The van der Waals surface area contributed by atoms with Crippen LogP contribution in [-0.2, 0) is 33.6 Å². The van der Waals surface area contributed by atoms with E-state index in [-0.39, 0.29) is 31.5 Å². The number of hydrogen-bond donors (Lipinski definition) is 5. The predicted octanol–water partition coefficient (Wildman–Crippen LogP) is 0.605. The van der Waals surface area contributed by atoms with Crippen LogP contribution in [0, 0.1) is 17.8 Å². The highest BCUT2D eigenvalue weighted by atomic mass is 16.4. The first kappa shape index (κ1) is 40.7. The van der Waals surface area contributed by atoms with E-state index < -0.39 is 61.7 Å². The highest BCUT2D eigenvalue weighted by Crippen LogP contribution is 2.26. The molecule has 0 radical (unpaired) electrons. The van der Waals surface area contributed by atoms with Gasteiger partial charge in [-0.05, 0) is 62.8 Å². The average molecular weight is 706 g/mol. The average Bonchev–Trinajstić information content (AvgIpc) is 3.09. The van der Waals surface area contributed by atoms with E-state index in [0.717, 1.165) is 88.5 Å². The number of primary amides is 1. The first-order valence-electron chi connectivity index (χ1n) is 18.6. The molecule has 0 atom stereocenters. The molecular formula is C35H59N7O8. The summed E-state index contributed by atoms with van der Waals surface area (Å²) in [6, 6.07) is 0. The lowest BCUT2D eigenvalue weighted by Crippen LogP contribution is -2.51. The normalized spacial score (nSPS) is 17.4. The minimum atomic E-state index is -1.36.